The van der Waals surface area contributed by atoms with Crippen molar-refractivity contribution in [1.82, 2.24) is 0 Å². The Morgan fingerprint density at radius 1 is 1.42 bits per heavy atom. The number of ether oxygens (including phenoxy) is 1. The molecule has 1 rings (SSSR count). The fraction of sp³-hybridized carbons (Fsp3) is 0.143. The van der Waals surface area contributed by atoms with Gasteiger partial charge < -0.3 is 9.76 Å². The predicted molar refractivity (Wildman–Crippen MR) is 46.4 cm³/mol. The molecule has 62 valence electrons. The highest BCUT2D eigenvalue weighted by molar-refractivity contribution is 6.64. The lowest BCUT2D eigenvalue weighted by Gasteiger charge is -2.00. The molecule has 0 aliphatic rings. The Balaban J connectivity index is 2.84. The second-order valence-corrected chi connectivity index (χ2v) is 2.25. The molecule has 0 aliphatic carbocycles. The highest BCUT2D eigenvalue weighted by Crippen LogP contribution is 2.05. The third kappa shape index (κ3) is 1.82. The predicted octanol–water partition coefficient (Wildman–Crippen LogP) is 0.149. The summed E-state index contributed by atoms with van der Waals surface area (Å²) in [5.41, 5.74) is 0.464. The summed E-state index contributed by atoms with van der Waals surface area (Å²) in [6.45, 7) is 0. The van der Waals surface area contributed by atoms with Crippen molar-refractivity contribution in [3.63, 3.8) is 0 Å². The van der Waals surface area contributed by atoms with E-state index in [1.165, 1.54) is 0 Å². The van der Waals surface area contributed by atoms with Crippen LogP contribution in [0.2, 0.25) is 0 Å². The Kier molecular flexibility index (Phi) is 2.82. The maximum absolute atomic E-state index is 9.93. The Hall–Kier alpha value is -1.36. The van der Waals surface area contributed by atoms with Crippen LogP contribution in [0.4, 0.5) is 0 Å². The molecule has 1 aromatic rings. The second kappa shape index (κ2) is 3.87. The molecule has 0 atom stereocenters. The van der Waals surface area contributed by atoms with E-state index in [1.807, 2.05) is 0 Å². The summed E-state index contributed by atoms with van der Waals surface area (Å²) >= 11 is 0. The lowest BCUT2D eigenvalue weighted by molar-refractivity contribution is 0.415. The first kappa shape index (κ1) is 8.74. The van der Waals surface area contributed by atoms with Crippen molar-refractivity contribution in [1.29, 1.82) is 0 Å². The topological polar surface area (TPSA) is 58.9 Å². The van der Waals surface area contributed by atoms with E-state index < -0.39 is 7.05 Å². The maximum Gasteiger partial charge on any atom is 0.517 e. The van der Waals surface area contributed by atoms with E-state index in [2.05, 4.69) is 5.09 Å². The van der Waals surface area contributed by atoms with E-state index in [9.17, 15) is 4.91 Å². The van der Waals surface area contributed by atoms with Gasteiger partial charge in [-0.25, -0.2) is 0 Å². The Labute approximate surface area is 70.3 Å². The van der Waals surface area contributed by atoms with Gasteiger partial charge in [0.1, 0.15) is 5.75 Å². The fourth-order valence-corrected chi connectivity index (χ4v) is 0.837. The van der Waals surface area contributed by atoms with Crippen LogP contribution in [0.5, 0.6) is 5.75 Å². The molecule has 0 saturated carbocycles. The van der Waals surface area contributed by atoms with E-state index in [0.717, 1.165) is 0 Å². The largest absolute Gasteiger partial charge is 0.517 e. The molecule has 0 radical (unpaired) electrons. The molecular formula is C7H8BNO3. The SMILES string of the molecule is COc1ccc(B(O)N=O)cc1. The van der Waals surface area contributed by atoms with E-state index in [-0.39, 0.29) is 0 Å². The minimum atomic E-state index is -1.28. The lowest BCUT2D eigenvalue weighted by Crippen LogP contribution is -2.27. The molecule has 0 aliphatic heterocycles. The number of nitroso groups, excluding NO2 is 1. The molecule has 0 bridgehead atoms. The highest BCUT2D eigenvalue weighted by atomic mass is 16.5. The number of benzene rings is 1. The van der Waals surface area contributed by atoms with Crippen LogP contribution in [0.25, 0.3) is 0 Å². The van der Waals surface area contributed by atoms with E-state index in [4.69, 9.17) is 9.76 Å². The molecule has 0 saturated heterocycles. The van der Waals surface area contributed by atoms with Gasteiger partial charge in [-0.15, -0.1) is 0 Å². The van der Waals surface area contributed by atoms with Gasteiger partial charge >= 0.3 is 7.05 Å². The average Bonchev–Trinajstić information content (AvgIpc) is 2.17. The van der Waals surface area contributed by atoms with Crippen LogP contribution in [0.15, 0.2) is 29.4 Å². The van der Waals surface area contributed by atoms with Gasteiger partial charge in [0.2, 0.25) is 0 Å². The zero-order valence-electron chi connectivity index (χ0n) is 6.60. The number of hydrogen-bond acceptors (Lipinski definition) is 4. The van der Waals surface area contributed by atoms with Gasteiger partial charge in [-0.3, -0.25) is 0 Å². The lowest BCUT2D eigenvalue weighted by atomic mass is 9.76. The molecule has 0 heterocycles. The molecule has 12 heavy (non-hydrogen) atoms. The van der Waals surface area contributed by atoms with Crippen molar-refractivity contribution >= 4 is 12.5 Å². The first-order chi connectivity index (χ1) is 5.77. The van der Waals surface area contributed by atoms with Crippen LogP contribution in [0, 0.1) is 4.91 Å². The fourth-order valence-electron chi connectivity index (χ4n) is 0.837. The van der Waals surface area contributed by atoms with Crippen molar-refractivity contribution in [2.45, 2.75) is 0 Å². The molecule has 1 N–H and O–H groups in total. The second-order valence-electron chi connectivity index (χ2n) is 2.25. The smallest absolute Gasteiger partial charge is 0.497 e. The van der Waals surface area contributed by atoms with E-state index in [1.54, 1.807) is 31.4 Å². The van der Waals surface area contributed by atoms with Crippen molar-refractivity contribution < 1.29 is 9.76 Å². The summed E-state index contributed by atoms with van der Waals surface area (Å²) in [7, 11) is 0.263. The van der Waals surface area contributed by atoms with Gasteiger partial charge in [-0.05, 0) is 17.6 Å². The monoisotopic (exact) mass is 165 g/mol. The van der Waals surface area contributed by atoms with E-state index >= 15 is 0 Å². The third-order valence-corrected chi connectivity index (χ3v) is 1.51. The van der Waals surface area contributed by atoms with Gasteiger partial charge in [-0.1, -0.05) is 17.2 Å². The number of nitrogens with zero attached hydrogens (tertiary/aromatic N) is 1. The Morgan fingerprint density at radius 2 is 2.00 bits per heavy atom. The average molecular weight is 165 g/mol. The standard InChI is InChI=1S/C7H8BNO3/c1-12-7-4-2-6(3-5-7)8(10)9-11/h2-5,10H,1H3. The van der Waals surface area contributed by atoms with Crippen LogP contribution in [0.3, 0.4) is 0 Å². The molecule has 4 nitrogen and oxygen atoms in total. The molecule has 0 aromatic heterocycles. The number of rotatable bonds is 3. The molecule has 1 aromatic carbocycles. The Bertz CT molecular complexity index is 262. The van der Waals surface area contributed by atoms with Crippen molar-refractivity contribution in [2.24, 2.45) is 5.09 Å². The molecule has 5 heteroatoms. The van der Waals surface area contributed by atoms with Crippen molar-refractivity contribution in [2.75, 3.05) is 7.11 Å². The van der Waals surface area contributed by atoms with Crippen molar-refractivity contribution in [3.05, 3.63) is 29.2 Å². The summed E-state index contributed by atoms with van der Waals surface area (Å²) in [4.78, 5) is 9.93. The van der Waals surface area contributed by atoms with Crippen LogP contribution in [-0.4, -0.2) is 19.2 Å². The number of methoxy groups -OCH3 is 1. The van der Waals surface area contributed by atoms with Gasteiger partial charge in [-0.2, -0.15) is 4.91 Å². The van der Waals surface area contributed by atoms with Gasteiger partial charge in [0, 0.05) is 0 Å². The minimum Gasteiger partial charge on any atom is -0.497 e. The normalized spacial score (nSPS) is 9.17. The summed E-state index contributed by atoms with van der Waals surface area (Å²) in [5.74, 6) is 0.678. The number of hydrogen-bond donors (Lipinski definition) is 1. The molecule has 0 fully saturated rings. The minimum absolute atomic E-state index is 0.464. The first-order valence-corrected chi connectivity index (χ1v) is 3.42. The first-order valence-electron chi connectivity index (χ1n) is 3.42. The Morgan fingerprint density at radius 3 is 2.42 bits per heavy atom. The summed E-state index contributed by atoms with van der Waals surface area (Å²) in [6, 6.07) is 6.49. The van der Waals surface area contributed by atoms with Gasteiger partial charge in [0.05, 0.1) is 7.11 Å². The van der Waals surface area contributed by atoms with Crippen LogP contribution < -0.4 is 10.2 Å². The van der Waals surface area contributed by atoms with Crippen molar-refractivity contribution in [3.8, 4) is 5.75 Å². The summed E-state index contributed by atoms with van der Waals surface area (Å²) in [6.07, 6.45) is 0. The summed E-state index contributed by atoms with van der Waals surface area (Å²) in [5, 5.41) is 11.5. The quantitative estimate of drug-likeness (QED) is 0.512. The van der Waals surface area contributed by atoms with Gasteiger partial charge in [0.25, 0.3) is 0 Å². The maximum atomic E-state index is 9.93. The zero-order chi connectivity index (χ0) is 8.97. The molecule has 0 amide bonds. The van der Waals surface area contributed by atoms with Crippen LogP contribution in [0.1, 0.15) is 0 Å². The van der Waals surface area contributed by atoms with Gasteiger partial charge in [0.15, 0.2) is 0 Å². The van der Waals surface area contributed by atoms with Crippen LogP contribution >= 0.6 is 0 Å². The molecule has 0 unspecified atom stereocenters. The molecule has 0 spiro atoms. The third-order valence-electron chi connectivity index (χ3n) is 1.51. The summed E-state index contributed by atoms with van der Waals surface area (Å²) < 4.78 is 4.89. The van der Waals surface area contributed by atoms with E-state index in [0.29, 0.717) is 11.2 Å². The highest BCUT2D eigenvalue weighted by Gasteiger charge is 2.14. The van der Waals surface area contributed by atoms with Crippen LogP contribution in [-0.2, 0) is 0 Å². The zero-order valence-corrected chi connectivity index (χ0v) is 6.60. The molecular weight excluding hydrogens is 157 g/mol.